The van der Waals surface area contributed by atoms with Crippen LogP contribution in [0.1, 0.15) is 11.1 Å². The van der Waals surface area contributed by atoms with Crippen LogP contribution in [0.2, 0.25) is 0 Å². The van der Waals surface area contributed by atoms with Crippen molar-refractivity contribution in [1.82, 2.24) is 10.2 Å². The highest BCUT2D eigenvalue weighted by Gasteiger charge is 2.40. The summed E-state index contributed by atoms with van der Waals surface area (Å²) in [5.41, 5.74) is 3.01. The van der Waals surface area contributed by atoms with Crippen LogP contribution in [0, 0.1) is 0 Å². The lowest BCUT2D eigenvalue weighted by atomic mass is 10.1. The second kappa shape index (κ2) is 9.87. The molecule has 1 aliphatic rings. The maximum absolute atomic E-state index is 12.3. The third kappa shape index (κ3) is 4.76. The van der Waals surface area contributed by atoms with Gasteiger partial charge in [0.15, 0.2) is 0 Å². The van der Waals surface area contributed by atoms with Gasteiger partial charge in [0.2, 0.25) is 6.29 Å². The summed E-state index contributed by atoms with van der Waals surface area (Å²) >= 11 is 0. The predicted molar refractivity (Wildman–Crippen MR) is 112 cm³/mol. The highest BCUT2D eigenvalue weighted by molar-refractivity contribution is 5.75. The van der Waals surface area contributed by atoms with Gasteiger partial charge < -0.3 is 19.1 Å². The first kappa shape index (κ1) is 21.3. The largest absolute Gasteiger partial charge is 0.444 e. The SMILES string of the molecule is COC(C=O)(OC)N1CC(NC(=O)OCc2ccccc2)=CC=C1c1ccccc1. The third-order valence-corrected chi connectivity index (χ3v) is 4.72. The molecule has 1 aliphatic heterocycles. The molecular weight excluding hydrogens is 384 g/mol. The van der Waals surface area contributed by atoms with Crippen molar-refractivity contribution in [2.45, 2.75) is 12.5 Å². The number of aldehydes is 1. The molecular formula is C23H24N2O5. The number of amides is 1. The fraction of sp³-hybridized carbons (Fsp3) is 0.217. The summed E-state index contributed by atoms with van der Waals surface area (Å²) in [6.45, 7) is 0.324. The van der Waals surface area contributed by atoms with Crippen molar-refractivity contribution in [2.75, 3.05) is 20.8 Å². The minimum atomic E-state index is -1.64. The fourth-order valence-electron chi connectivity index (χ4n) is 3.15. The van der Waals surface area contributed by atoms with Crippen molar-refractivity contribution in [2.24, 2.45) is 0 Å². The molecule has 0 aromatic heterocycles. The summed E-state index contributed by atoms with van der Waals surface area (Å²) in [7, 11) is 2.78. The Morgan fingerprint density at radius 2 is 1.67 bits per heavy atom. The number of methoxy groups -OCH3 is 2. The molecule has 2 aromatic carbocycles. The molecule has 1 amide bonds. The molecule has 0 atom stereocenters. The number of carbonyl (C=O) groups excluding carboxylic acids is 2. The van der Waals surface area contributed by atoms with Crippen LogP contribution in [0.5, 0.6) is 0 Å². The Morgan fingerprint density at radius 1 is 1.03 bits per heavy atom. The Bertz CT molecular complexity index is 921. The average Bonchev–Trinajstić information content (AvgIpc) is 2.81. The molecule has 0 fully saturated rings. The molecule has 3 rings (SSSR count). The molecule has 0 unspecified atom stereocenters. The molecule has 0 aliphatic carbocycles. The second-order valence-corrected chi connectivity index (χ2v) is 6.54. The minimum Gasteiger partial charge on any atom is -0.444 e. The van der Waals surface area contributed by atoms with E-state index < -0.39 is 12.0 Å². The lowest BCUT2D eigenvalue weighted by molar-refractivity contribution is -0.250. The average molecular weight is 408 g/mol. The van der Waals surface area contributed by atoms with E-state index in [0.717, 1.165) is 16.8 Å². The van der Waals surface area contributed by atoms with Crippen LogP contribution in [-0.4, -0.2) is 44.0 Å². The fourth-order valence-corrected chi connectivity index (χ4v) is 3.15. The summed E-state index contributed by atoms with van der Waals surface area (Å²) in [4.78, 5) is 25.8. The van der Waals surface area contributed by atoms with Crippen molar-refractivity contribution >= 4 is 18.1 Å². The molecule has 7 nitrogen and oxygen atoms in total. The first-order valence-electron chi connectivity index (χ1n) is 9.40. The normalized spacial score (nSPS) is 13.9. The zero-order valence-corrected chi connectivity index (χ0v) is 16.9. The number of ether oxygens (including phenoxy) is 3. The number of allylic oxidation sites excluding steroid dienone is 2. The lowest BCUT2D eigenvalue weighted by Gasteiger charge is -2.41. The molecule has 7 heteroatoms. The summed E-state index contributed by atoms with van der Waals surface area (Å²) in [5, 5.41) is 2.72. The van der Waals surface area contributed by atoms with Crippen molar-refractivity contribution in [3.05, 3.63) is 89.6 Å². The maximum atomic E-state index is 12.3. The highest BCUT2D eigenvalue weighted by Crippen LogP contribution is 2.31. The van der Waals surface area contributed by atoms with E-state index in [1.807, 2.05) is 60.7 Å². The number of alkyl carbamates (subject to hydrolysis) is 1. The molecule has 0 saturated heterocycles. The van der Waals surface area contributed by atoms with Crippen LogP contribution < -0.4 is 5.32 Å². The summed E-state index contributed by atoms with van der Waals surface area (Å²) in [6, 6.07) is 18.9. The van der Waals surface area contributed by atoms with Gasteiger partial charge in [0.25, 0.3) is 0 Å². The molecule has 0 bridgehead atoms. The van der Waals surface area contributed by atoms with Crippen LogP contribution >= 0.6 is 0 Å². The van der Waals surface area contributed by atoms with Crippen molar-refractivity contribution < 1.29 is 23.8 Å². The number of nitrogens with one attached hydrogen (secondary N) is 1. The number of hydrogen-bond acceptors (Lipinski definition) is 6. The molecule has 0 saturated carbocycles. The Balaban J connectivity index is 1.79. The van der Waals surface area contributed by atoms with E-state index >= 15 is 0 Å². The Morgan fingerprint density at radius 3 is 2.27 bits per heavy atom. The van der Waals surface area contributed by atoms with Gasteiger partial charge in [-0.25, -0.2) is 4.79 Å². The van der Waals surface area contributed by atoms with Gasteiger partial charge in [0.05, 0.1) is 6.54 Å². The quantitative estimate of drug-likeness (QED) is 0.534. The van der Waals surface area contributed by atoms with E-state index in [-0.39, 0.29) is 13.2 Å². The third-order valence-electron chi connectivity index (χ3n) is 4.72. The van der Waals surface area contributed by atoms with Crippen molar-refractivity contribution in [1.29, 1.82) is 0 Å². The standard InChI is InChI=1S/C23H24N2O5/c1-28-23(17-26,29-2)25-15-20(13-14-21(25)19-11-7-4-8-12-19)24-22(27)30-16-18-9-5-3-6-10-18/h3-14,17H,15-16H2,1-2H3,(H,24,27). The molecule has 2 aromatic rings. The monoisotopic (exact) mass is 408 g/mol. The molecule has 1 heterocycles. The number of nitrogens with zero attached hydrogens (tertiary/aromatic N) is 1. The molecule has 0 radical (unpaired) electrons. The van der Waals surface area contributed by atoms with Crippen LogP contribution in [0.3, 0.4) is 0 Å². The number of benzene rings is 2. The first-order chi connectivity index (χ1) is 14.6. The maximum Gasteiger partial charge on any atom is 0.411 e. The Kier molecular flexibility index (Phi) is 7.00. The summed E-state index contributed by atoms with van der Waals surface area (Å²) in [6.07, 6.45) is 3.56. The summed E-state index contributed by atoms with van der Waals surface area (Å²) < 4.78 is 16.1. The van der Waals surface area contributed by atoms with Gasteiger partial charge in [0, 0.05) is 25.6 Å². The van der Waals surface area contributed by atoms with Gasteiger partial charge in [0.1, 0.15) is 6.61 Å². The second-order valence-electron chi connectivity index (χ2n) is 6.54. The van der Waals surface area contributed by atoms with Gasteiger partial charge in [-0.2, -0.15) is 0 Å². The molecule has 1 N–H and O–H groups in total. The molecule has 30 heavy (non-hydrogen) atoms. The topological polar surface area (TPSA) is 77.1 Å². The van der Waals surface area contributed by atoms with E-state index in [9.17, 15) is 9.59 Å². The zero-order chi connectivity index (χ0) is 21.4. The van der Waals surface area contributed by atoms with Crippen LogP contribution in [0.15, 0.2) is 78.5 Å². The van der Waals surface area contributed by atoms with E-state index in [1.165, 1.54) is 14.2 Å². The van der Waals surface area contributed by atoms with Gasteiger partial charge >= 0.3 is 12.0 Å². The molecule has 156 valence electrons. The van der Waals surface area contributed by atoms with Gasteiger partial charge in [-0.1, -0.05) is 60.7 Å². The predicted octanol–water partition coefficient (Wildman–Crippen LogP) is 3.30. The lowest BCUT2D eigenvalue weighted by Crippen LogP contribution is -2.54. The molecule has 0 spiro atoms. The van der Waals surface area contributed by atoms with Crippen LogP contribution in [0.25, 0.3) is 5.70 Å². The first-order valence-corrected chi connectivity index (χ1v) is 9.40. The Hall–Kier alpha value is -3.42. The number of carbonyl (C=O) groups is 2. The Labute approximate surface area is 175 Å². The number of hydrogen-bond donors (Lipinski definition) is 1. The van der Waals surface area contributed by atoms with Gasteiger partial charge in [-0.05, 0) is 23.3 Å². The van der Waals surface area contributed by atoms with E-state index in [2.05, 4.69) is 5.32 Å². The zero-order valence-electron chi connectivity index (χ0n) is 16.9. The highest BCUT2D eigenvalue weighted by atomic mass is 16.7. The van der Waals surface area contributed by atoms with E-state index in [1.54, 1.807) is 17.1 Å². The van der Waals surface area contributed by atoms with Crippen LogP contribution in [0.4, 0.5) is 4.79 Å². The van der Waals surface area contributed by atoms with E-state index in [0.29, 0.717) is 12.0 Å². The minimum absolute atomic E-state index is 0.156. The number of rotatable bonds is 8. The van der Waals surface area contributed by atoms with Crippen LogP contribution in [-0.2, 0) is 25.6 Å². The van der Waals surface area contributed by atoms with Crippen molar-refractivity contribution in [3.63, 3.8) is 0 Å². The van der Waals surface area contributed by atoms with Gasteiger partial charge in [-0.3, -0.25) is 10.1 Å². The van der Waals surface area contributed by atoms with E-state index in [4.69, 9.17) is 14.2 Å². The van der Waals surface area contributed by atoms with Gasteiger partial charge in [-0.15, -0.1) is 0 Å². The summed E-state index contributed by atoms with van der Waals surface area (Å²) in [5.74, 6) is -1.64. The van der Waals surface area contributed by atoms with Crippen molar-refractivity contribution in [3.8, 4) is 0 Å². The smallest absolute Gasteiger partial charge is 0.411 e.